The van der Waals surface area contributed by atoms with Gasteiger partial charge < -0.3 is 0 Å². The van der Waals surface area contributed by atoms with Gasteiger partial charge in [0.2, 0.25) is 0 Å². The van der Waals surface area contributed by atoms with E-state index in [1.165, 1.54) is 9.56 Å². The van der Waals surface area contributed by atoms with Crippen molar-refractivity contribution in [1.29, 1.82) is 5.26 Å². The Bertz CT molecular complexity index is 1110. The number of rotatable bonds is 3. The van der Waals surface area contributed by atoms with Crippen molar-refractivity contribution >= 4 is 34.2 Å². The van der Waals surface area contributed by atoms with Crippen LogP contribution in [0.15, 0.2) is 34.1 Å². The van der Waals surface area contributed by atoms with Gasteiger partial charge in [-0.2, -0.15) is 5.26 Å². The summed E-state index contributed by atoms with van der Waals surface area (Å²) in [6.45, 7) is 1.83. The van der Waals surface area contributed by atoms with Crippen LogP contribution in [0.2, 0.25) is 5.02 Å². The van der Waals surface area contributed by atoms with Gasteiger partial charge in [-0.3, -0.25) is 9.89 Å². The molecule has 2 heterocycles. The second kappa shape index (κ2) is 6.60. The topological polar surface area (TPSA) is 73.9 Å². The van der Waals surface area contributed by atoms with E-state index in [1.54, 1.807) is 41.8 Å². The highest BCUT2D eigenvalue weighted by molar-refractivity contribution is 7.16. The smallest absolute Gasteiger partial charge is 0.280 e. The number of H-pyrrole nitrogens is 1. The van der Waals surface area contributed by atoms with Gasteiger partial charge in [-0.05, 0) is 56.0 Å². The number of benzene rings is 1. The van der Waals surface area contributed by atoms with Gasteiger partial charge in [-0.15, -0.1) is 11.3 Å². The highest BCUT2D eigenvalue weighted by atomic mass is 35.5. The van der Waals surface area contributed by atoms with E-state index in [-0.39, 0.29) is 5.56 Å². The maximum absolute atomic E-state index is 12.7. The Morgan fingerprint density at radius 1 is 1.35 bits per heavy atom. The maximum atomic E-state index is 12.7. The molecule has 4 rings (SSSR count). The van der Waals surface area contributed by atoms with Crippen LogP contribution in [-0.4, -0.2) is 16.0 Å². The highest BCUT2D eigenvalue weighted by Crippen LogP contribution is 2.40. The first kappa shape index (κ1) is 16.8. The monoisotopic (exact) mass is 382 g/mol. The van der Waals surface area contributed by atoms with Gasteiger partial charge in [0.1, 0.15) is 11.1 Å². The number of aryl methyl sites for hydroxylation is 2. The minimum atomic E-state index is -0.184. The van der Waals surface area contributed by atoms with Crippen molar-refractivity contribution in [2.24, 2.45) is 4.99 Å². The number of aromatic amines is 1. The lowest BCUT2D eigenvalue weighted by Crippen LogP contribution is -2.17. The van der Waals surface area contributed by atoms with Gasteiger partial charge in [-0.1, -0.05) is 11.6 Å². The largest absolute Gasteiger partial charge is 0.295 e. The van der Waals surface area contributed by atoms with E-state index in [2.05, 4.69) is 16.2 Å². The summed E-state index contributed by atoms with van der Waals surface area (Å²) in [7, 11) is 0. The third kappa shape index (κ3) is 2.79. The van der Waals surface area contributed by atoms with Crippen LogP contribution in [0.25, 0.3) is 5.69 Å². The van der Waals surface area contributed by atoms with E-state index in [0.29, 0.717) is 26.8 Å². The maximum Gasteiger partial charge on any atom is 0.280 e. The van der Waals surface area contributed by atoms with E-state index < -0.39 is 0 Å². The van der Waals surface area contributed by atoms with Crippen LogP contribution in [0.1, 0.15) is 33.7 Å². The van der Waals surface area contributed by atoms with Gasteiger partial charge >= 0.3 is 0 Å². The van der Waals surface area contributed by atoms with Gasteiger partial charge in [-0.25, -0.2) is 9.67 Å². The molecule has 26 heavy (non-hydrogen) atoms. The molecule has 2 aromatic heterocycles. The predicted molar refractivity (Wildman–Crippen MR) is 104 cm³/mol. The van der Waals surface area contributed by atoms with Crippen LogP contribution >= 0.6 is 22.9 Å². The number of nitrogens with one attached hydrogen (secondary N) is 1. The number of hydrogen-bond donors (Lipinski definition) is 1. The summed E-state index contributed by atoms with van der Waals surface area (Å²) in [5.41, 5.74) is 3.51. The molecule has 0 spiro atoms. The Kier molecular flexibility index (Phi) is 4.27. The van der Waals surface area contributed by atoms with Gasteiger partial charge in [0.05, 0.1) is 16.8 Å². The number of aliphatic imine (C=N–C) groups is 1. The molecule has 0 saturated heterocycles. The predicted octanol–water partition coefficient (Wildman–Crippen LogP) is 4.30. The molecule has 0 amide bonds. The molecule has 0 fully saturated rings. The number of thiophene rings is 1. The summed E-state index contributed by atoms with van der Waals surface area (Å²) in [6.07, 6.45) is 4.61. The minimum Gasteiger partial charge on any atom is -0.295 e. The quantitative estimate of drug-likeness (QED) is 0.686. The van der Waals surface area contributed by atoms with Crippen molar-refractivity contribution < 1.29 is 0 Å². The third-order valence-corrected chi connectivity index (χ3v) is 5.98. The molecule has 0 atom stereocenters. The first-order valence-corrected chi connectivity index (χ1v) is 9.44. The molecule has 5 nitrogen and oxygen atoms in total. The Hall–Kier alpha value is -2.62. The lowest BCUT2D eigenvalue weighted by Gasteiger charge is -2.00. The number of nitrogens with zero attached hydrogens (tertiary/aromatic N) is 3. The van der Waals surface area contributed by atoms with Crippen molar-refractivity contribution in [2.75, 3.05) is 0 Å². The first-order chi connectivity index (χ1) is 12.6. The SMILES string of the molecule is Cc1[nH]n(-c2ccc(Cl)cc2)c(=O)c1/C=N/c1sc2c(c1C#N)CCC2. The molecule has 1 aliphatic carbocycles. The van der Waals surface area contributed by atoms with Crippen molar-refractivity contribution in [3.05, 3.63) is 66.9 Å². The molecular weight excluding hydrogens is 368 g/mol. The van der Waals surface area contributed by atoms with Crippen molar-refractivity contribution in [3.63, 3.8) is 0 Å². The lowest BCUT2D eigenvalue weighted by molar-refractivity contribution is 0.835. The Morgan fingerprint density at radius 2 is 2.12 bits per heavy atom. The first-order valence-electron chi connectivity index (χ1n) is 8.24. The third-order valence-electron chi connectivity index (χ3n) is 4.53. The second-order valence-electron chi connectivity index (χ2n) is 6.17. The van der Waals surface area contributed by atoms with Crippen molar-refractivity contribution in [1.82, 2.24) is 9.78 Å². The van der Waals surface area contributed by atoms with E-state index in [4.69, 9.17) is 11.6 Å². The van der Waals surface area contributed by atoms with Gasteiger partial charge in [0.15, 0.2) is 0 Å². The Labute approximate surface area is 159 Å². The fourth-order valence-electron chi connectivity index (χ4n) is 3.20. The molecule has 0 aliphatic heterocycles. The van der Waals surface area contributed by atoms with Crippen LogP contribution in [0.5, 0.6) is 0 Å². The number of halogens is 1. The molecule has 130 valence electrons. The van der Waals surface area contributed by atoms with Crippen LogP contribution in [0, 0.1) is 18.3 Å². The number of hydrogen-bond acceptors (Lipinski definition) is 4. The Morgan fingerprint density at radius 3 is 2.85 bits per heavy atom. The molecule has 0 unspecified atom stereocenters. The molecule has 1 aliphatic rings. The summed E-state index contributed by atoms with van der Waals surface area (Å²) >= 11 is 7.46. The normalized spacial score (nSPS) is 13.3. The number of fused-ring (bicyclic) bond motifs is 1. The van der Waals surface area contributed by atoms with Gasteiger partial charge in [0, 0.05) is 21.8 Å². The summed E-state index contributed by atoms with van der Waals surface area (Å²) in [6, 6.07) is 9.29. The molecule has 3 aromatic rings. The molecule has 1 aromatic carbocycles. The zero-order valence-electron chi connectivity index (χ0n) is 14.0. The van der Waals surface area contributed by atoms with E-state index in [9.17, 15) is 10.1 Å². The number of aromatic nitrogens is 2. The van der Waals surface area contributed by atoms with Crippen LogP contribution in [-0.2, 0) is 12.8 Å². The standard InChI is InChI=1S/C19H15ClN4OS/c1-11-16(19(25)24(23-11)13-7-5-12(20)6-8-13)10-22-18-15(9-21)14-3-2-4-17(14)26-18/h5-8,10,23H,2-4H2,1H3/b22-10+. The van der Waals surface area contributed by atoms with Crippen molar-refractivity contribution in [2.45, 2.75) is 26.2 Å². The fraction of sp³-hybridized carbons (Fsp3) is 0.211. The molecule has 0 radical (unpaired) electrons. The molecule has 1 N–H and O–H groups in total. The van der Waals surface area contributed by atoms with Crippen molar-refractivity contribution in [3.8, 4) is 11.8 Å². The molecule has 0 saturated carbocycles. The molecule has 7 heteroatoms. The summed E-state index contributed by atoms with van der Waals surface area (Å²) in [4.78, 5) is 18.5. The van der Waals surface area contributed by atoms with Crippen LogP contribution < -0.4 is 5.56 Å². The summed E-state index contributed by atoms with van der Waals surface area (Å²) < 4.78 is 1.46. The average molecular weight is 383 g/mol. The van der Waals surface area contributed by atoms with E-state index in [1.807, 2.05) is 6.92 Å². The van der Waals surface area contributed by atoms with E-state index >= 15 is 0 Å². The fourth-order valence-corrected chi connectivity index (χ4v) is 4.51. The molecule has 0 bridgehead atoms. The van der Waals surface area contributed by atoms with Crippen LogP contribution in [0.3, 0.4) is 0 Å². The number of nitriles is 1. The molecular formula is C19H15ClN4OS. The Balaban J connectivity index is 1.72. The second-order valence-corrected chi connectivity index (χ2v) is 7.70. The minimum absolute atomic E-state index is 0.184. The van der Waals surface area contributed by atoms with Crippen LogP contribution in [0.4, 0.5) is 5.00 Å². The zero-order valence-corrected chi connectivity index (χ0v) is 15.6. The highest BCUT2D eigenvalue weighted by Gasteiger charge is 2.21. The summed E-state index contributed by atoms with van der Waals surface area (Å²) in [5.74, 6) is 0. The summed E-state index contributed by atoms with van der Waals surface area (Å²) in [5, 5.41) is 13.8. The lowest BCUT2D eigenvalue weighted by atomic mass is 10.1. The van der Waals surface area contributed by atoms with Gasteiger partial charge in [0.25, 0.3) is 5.56 Å². The zero-order chi connectivity index (χ0) is 18.3. The van der Waals surface area contributed by atoms with E-state index in [0.717, 1.165) is 30.5 Å². The average Bonchev–Trinajstić information content (AvgIpc) is 3.28.